The monoisotopic (exact) mass is 221 g/mol. The largest absolute Gasteiger partial charge is 0.340 e. The van der Waals surface area contributed by atoms with Crippen LogP contribution in [0, 0.1) is 0 Å². The summed E-state index contributed by atoms with van der Waals surface area (Å²) in [6.45, 7) is 0. The van der Waals surface area contributed by atoms with E-state index in [-0.39, 0.29) is 0 Å². The maximum Gasteiger partial charge on any atom is 0.0947 e. The molecule has 0 aliphatic heterocycles. The number of thiophene rings is 1. The SMILES string of the molecule is CNC(Cc1ccsc1)c1cn(C)cn1. The fourth-order valence-corrected chi connectivity index (χ4v) is 2.29. The lowest BCUT2D eigenvalue weighted by Gasteiger charge is -2.12. The quantitative estimate of drug-likeness (QED) is 0.855. The highest BCUT2D eigenvalue weighted by Gasteiger charge is 2.12. The van der Waals surface area contributed by atoms with Crippen LogP contribution >= 0.6 is 11.3 Å². The Hall–Kier alpha value is -1.13. The van der Waals surface area contributed by atoms with Gasteiger partial charge in [0.15, 0.2) is 0 Å². The van der Waals surface area contributed by atoms with Crippen LogP contribution in [-0.2, 0) is 13.5 Å². The van der Waals surface area contributed by atoms with E-state index in [0.717, 1.165) is 12.1 Å². The summed E-state index contributed by atoms with van der Waals surface area (Å²) in [6.07, 6.45) is 4.90. The number of aromatic nitrogens is 2. The second kappa shape index (κ2) is 4.59. The molecule has 1 N–H and O–H groups in total. The van der Waals surface area contributed by atoms with Gasteiger partial charge in [-0.1, -0.05) is 0 Å². The van der Waals surface area contributed by atoms with Gasteiger partial charge < -0.3 is 9.88 Å². The molecule has 2 rings (SSSR count). The highest BCUT2D eigenvalue weighted by atomic mass is 32.1. The number of rotatable bonds is 4. The maximum absolute atomic E-state index is 4.37. The van der Waals surface area contributed by atoms with Crippen molar-refractivity contribution >= 4 is 11.3 Å². The maximum atomic E-state index is 4.37. The molecule has 2 heterocycles. The van der Waals surface area contributed by atoms with E-state index < -0.39 is 0 Å². The molecule has 0 saturated heterocycles. The molecule has 0 amide bonds. The Balaban J connectivity index is 2.11. The molecular weight excluding hydrogens is 206 g/mol. The number of nitrogens with one attached hydrogen (secondary N) is 1. The van der Waals surface area contributed by atoms with Crippen molar-refractivity contribution < 1.29 is 0 Å². The van der Waals surface area contributed by atoms with E-state index in [2.05, 4.69) is 33.3 Å². The van der Waals surface area contributed by atoms with Gasteiger partial charge in [-0.15, -0.1) is 0 Å². The number of hydrogen-bond donors (Lipinski definition) is 1. The molecule has 80 valence electrons. The molecule has 0 aliphatic rings. The Kier molecular flexibility index (Phi) is 3.18. The smallest absolute Gasteiger partial charge is 0.0947 e. The van der Waals surface area contributed by atoms with Crippen LogP contribution in [0.25, 0.3) is 0 Å². The van der Waals surface area contributed by atoms with Crippen LogP contribution in [0.2, 0.25) is 0 Å². The number of aryl methyl sites for hydroxylation is 1. The van der Waals surface area contributed by atoms with Crippen molar-refractivity contribution in [2.45, 2.75) is 12.5 Å². The van der Waals surface area contributed by atoms with Crippen LogP contribution in [0.1, 0.15) is 17.3 Å². The summed E-state index contributed by atoms with van der Waals surface area (Å²) in [4.78, 5) is 4.37. The van der Waals surface area contributed by atoms with Gasteiger partial charge in [0, 0.05) is 13.2 Å². The van der Waals surface area contributed by atoms with E-state index in [1.165, 1.54) is 5.56 Å². The Morgan fingerprint density at radius 3 is 3.00 bits per heavy atom. The molecule has 15 heavy (non-hydrogen) atoms. The molecule has 0 bridgehead atoms. The summed E-state index contributed by atoms with van der Waals surface area (Å²) in [5, 5.41) is 7.60. The van der Waals surface area contributed by atoms with Gasteiger partial charge in [-0.05, 0) is 35.9 Å². The fourth-order valence-electron chi connectivity index (χ4n) is 1.61. The lowest BCUT2D eigenvalue weighted by atomic mass is 10.1. The summed E-state index contributed by atoms with van der Waals surface area (Å²) in [5.41, 5.74) is 2.47. The van der Waals surface area contributed by atoms with Crippen molar-refractivity contribution in [2.24, 2.45) is 7.05 Å². The van der Waals surface area contributed by atoms with Crippen molar-refractivity contribution in [1.82, 2.24) is 14.9 Å². The topological polar surface area (TPSA) is 29.9 Å². The van der Waals surface area contributed by atoms with Crippen LogP contribution in [0.15, 0.2) is 29.4 Å². The van der Waals surface area contributed by atoms with E-state index in [4.69, 9.17) is 0 Å². The molecule has 0 radical (unpaired) electrons. The first kappa shape index (κ1) is 10.4. The molecule has 2 aromatic heterocycles. The van der Waals surface area contributed by atoms with Gasteiger partial charge in [0.05, 0.1) is 18.1 Å². The van der Waals surface area contributed by atoms with Crippen molar-refractivity contribution in [3.63, 3.8) is 0 Å². The van der Waals surface area contributed by atoms with E-state index in [1.54, 1.807) is 11.3 Å². The van der Waals surface area contributed by atoms with E-state index in [0.29, 0.717) is 6.04 Å². The van der Waals surface area contributed by atoms with E-state index in [9.17, 15) is 0 Å². The van der Waals surface area contributed by atoms with Crippen LogP contribution in [0.5, 0.6) is 0 Å². The third-order valence-electron chi connectivity index (χ3n) is 2.45. The molecule has 1 unspecified atom stereocenters. The number of hydrogen-bond acceptors (Lipinski definition) is 3. The third-order valence-corrected chi connectivity index (χ3v) is 3.18. The van der Waals surface area contributed by atoms with Crippen molar-refractivity contribution in [3.8, 4) is 0 Å². The zero-order valence-electron chi connectivity index (χ0n) is 8.97. The summed E-state index contributed by atoms with van der Waals surface area (Å²) in [6, 6.07) is 2.47. The molecule has 0 saturated carbocycles. The first-order valence-corrected chi connectivity index (χ1v) is 5.90. The Labute approximate surface area is 93.8 Å². The average molecular weight is 221 g/mol. The van der Waals surface area contributed by atoms with Gasteiger partial charge >= 0.3 is 0 Å². The summed E-state index contributed by atoms with van der Waals surface area (Å²) < 4.78 is 1.98. The summed E-state index contributed by atoms with van der Waals surface area (Å²) >= 11 is 1.74. The van der Waals surface area contributed by atoms with Gasteiger partial charge in [0.25, 0.3) is 0 Å². The van der Waals surface area contributed by atoms with Gasteiger partial charge in [-0.2, -0.15) is 11.3 Å². The minimum absolute atomic E-state index is 0.306. The fraction of sp³-hybridized carbons (Fsp3) is 0.364. The molecule has 0 spiro atoms. The van der Waals surface area contributed by atoms with Crippen LogP contribution in [0.3, 0.4) is 0 Å². The molecule has 0 fully saturated rings. The van der Waals surface area contributed by atoms with Crippen molar-refractivity contribution in [2.75, 3.05) is 7.05 Å². The normalized spacial score (nSPS) is 12.9. The lowest BCUT2D eigenvalue weighted by Crippen LogP contribution is -2.18. The Morgan fingerprint density at radius 1 is 1.60 bits per heavy atom. The second-order valence-corrected chi connectivity index (χ2v) is 4.42. The molecule has 1 atom stereocenters. The Bertz CT molecular complexity index is 405. The zero-order valence-corrected chi connectivity index (χ0v) is 9.79. The van der Waals surface area contributed by atoms with Crippen LogP contribution in [0.4, 0.5) is 0 Å². The minimum atomic E-state index is 0.306. The first-order valence-electron chi connectivity index (χ1n) is 4.96. The number of likely N-dealkylation sites (N-methyl/N-ethyl adjacent to an activating group) is 1. The van der Waals surface area contributed by atoms with E-state index in [1.807, 2.05) is 25.0 Å². The van der Waals surface area contributed by atoms with Gasteiger partial charge in [0.1, 0.15) is 0 Å². The number of imidazole rings is 1. The number of nitrogens with zero attached hydrogens (tertiary/aromatic N) is 2. The third kappa shape index (κ3) is 2.46. The minimum Gasteiger partial charge on any atom is -0.340 e. The predicted molar refractivity (Wildman–Crippen MR) is 63.0 cm³/mol. The molecular formula is C11H15N3S. The zero-order chi connectivity index (χ0) is 10.7. The highest BCUT2D eigenvalue weighted by molar-refractivity contribution is 7.07. The van der Waals surface area contributed by atoms with Crippen molar-refractivity contribution in [1.29, 1.82) is 0 Å². The molecule has 4 heteroatoms. The molecule has 0 aromatic carbocycles. The van der Waals surface area contributed by atoms with Gasteiger partial charge in [-0.25, -0.2) is 4.98 Å². The van der Waals surface area contributed by atoms with Gasteiger partial charge in [-0.3, -0.25) is 0 Å². The first-order chi connectivity index (χ1) is 7.29. The molecule has 3 nitrogen and oxygen atoms in total. The molecule has 0 aliphatic carbocycles. The van der Waals surface area contributed by atoms with Crippen LogP contribution in [-0.4, -0.2) is 16.6 Å². The van der Waals surface area contributed by atoms with Gasteiger partial charge in [0.2, 0.25) is 0 Å². The lowest BCUT2D eigenvalue weighted by molar-refractivity contribution is 0.579. The molecule has 2 aromatic rings. The standard InChI is InChI=1S/C11H15N3S/c1-12-10(5-9-3-4-15-7-9)11-6-14(2)8-13-11/h3-4,6-8,10,12H,5H2,1-2H3. The van der Waals surface area contributed by atoms with Crippen LogP contribution < -0.4 is 5.32 Å². The average Bonchev–Trinajstić information content (AvgIpc) is 2.85. The second-order valence-electron chi connectivity index (χ2n) is 3.64. The van der Waals surface area contributed by atoms with Crippen molar-refractivity contribution in [3.05, 3.63) is 40.6 Å². The highest BCUT2D eigenvalue weighted by Crippen LogP contribution is 2.17. The predicted octanol–water partition coefficient (Wildman–Crippen LogP) is 1.98. The van der Waals surface area contributed by atoms with E-state index >= 15 is 0 Å². The summed E-state index contributed by atoms with van der Waals surface area (Å²) in [7, 11) is 3.97. The Morgan fingerprint density at radius 2 is 2.47 bits per heavy atom. The summed E-state index contributed by atoms with van der Waals surface area (Å²) in [5.74, 6) is 0.